The molecule has 31 heavy (non-hydrogen) atoms. The molecule has 0 aliphatic rings. The first-order valence-corrected chi connectivity index (χ1v) is 10.1. The van der Waals surface area contributed by atoms with E-state index in [1.807, 2.05) is 37.4 Å². The number of nitrogens with one attached hydrogen (secondary N) is 2. The normalized spacial score (nSPS) is 11.3. The Morgan fingerprint density at radius 3 is 2.16 bits per heavy atom. The number of carbonyl (C=O) groups excluding carboxylic acids is 2. The summed E-state index contributed by atoms with van der Waals surface area (Å²) >= 11 is 0. The minimum absolute atomic E-state index is 0.247. The van der Waals surface area contributed by atoms with Gasteiger partial charge in [0.2, 0.25) is 11.7 Å². The van der Waals surface area contributed by atoms with E-state index in [-0.39, 0.29) is 5.91 Å². The molecule has 0 aromatic heterocycles. The van der Waals surface area contributed by atoms with Crippen LogP contribution in [0.15, 0.2) is 42.5 Å². The van der Waals surface area contributed by atoms with Crippen LogP contribution in [0.5, 0.6) is 17.2 Å². The summed E-state index contributed by atoms with van der Waals surface area (Å²) in [6.07, 6.45) is 0.782. The van der Waals surface area contributed by atoms with E-state index >= 15 is 0 Å². The highest BCUT2D eigenvalue weighted by atomic mass is 16.5. The molecule has 168 valence electrons. The summed E-state index contributed by atoms with van der Waals surface area (Å²) in [4.78, 5) is 27.1. The fourth-order valence-electron chi connectivity index (χ4n) is 3.05. The number of hydrogen-bond acceptors (Lipinski definition) is 6. The van der Waals surface area contributed by atoms with Crippen LogP contribution in [-0.4, -0.2) is 59.3 Å². The standard InChI is InChI=1S/C23H31N3O5/c1-16(22(27)24-12-9-13-26(2)18-10-7-6-8-11-18)25-23(28)17-14-19(29-3)21(31-5)20(15-17)30-4/h6-8,10-11,14-16H,9,12-13H2,1-5H3,(H,24,27)(H,25,28). The lowest BCUT2D eigenvalue weighted by molar-refractivity contribution is -0.122. The van der Waals surface area contributed by atoms with E-state index in [0.29, 0.717) is 29.4 Å². The maximum absolute atomic E-state index is 12.6. The minimum atomic E-state index is -0.696. The van der Waals surface area contributed by atoms with Crippen LogP contribution < -0.4 is 29.7 Å². The summed E-state index contributed by atoms with van der Waals surface area (Å²) in [5.41, 5.74) is 1.43. The molecule has 0 saturated heterocycles. The Kier molecular flexibility index (Phi) is 8.99. The summed E-state index contributed by atoms with van der Waals surface area (Å²) in [5.74, 6) is 0.472. The molecule has 8 nitrogen and oxygen atoms in total. The number of para-hydroxylation sites is 1. The van der Waals surface area contributed by atoms with Crippen molar-refractivity contribution in [2.75, 3.05) is 46.4 Å². The van der Waals surface area contributed by atoms with E-state index in [1.165, 1.54) is 21.3 Å². The van der Waals surface area contributed by atoms with Gasteiger partial charge in [0.1, 0.15) is 6.04 Å². The largest absolute Gasteiger partial charge is 0.493 e. The fourth-order valence-corrected chi connectivity index (χ4v) is 3.05. The molecule has 0 aliphatic carbocycles. The third-order valence-corrected chi connectivity index (χ3v) is 4.83. The zero-order chi connectivity index (χ0) is 22.8. The Labute approximate surface area is 183 Å². The molecule has 0 bridgehead atoms. The highest BCUT2D eigenvalue weighted by Crippen LogP contribution is 2.38. The van der Waals surface area contributed by atoms with Crippen LogP contribution in [0.3, 0.4) is 0 Å². The van der Waals surface area contributed by atoms with E-state index in [0.717, 1.165) is 18.7 Å². The number of methoxy groups -OCH3 is 3. The zero-order valence-electron chi connectivity index (χ0n) is 18.7. The molecule has 1 atom stereocenters. The Morgan fingerprint density at radius 2 is 1.61 bits per heavy atom. The second-order valence-corrected chi connectivity index (χ2v) is 7.01. The predicted molar refractivity (Wildman–Crippen MR) is 120 cm³/mol. The third-order valence-electron chi connectivity index (χ3n) is 4.83. The maximum Gasteiger partial charge on any atom is 0.252 e. The predicted octanol–water partition coefficient (Wildman–Crippen LogP) is 2.47. The van der Waals surface area contributed by atoms with Crippen molar-refractivity contribution in [1.29, 1.82) is 0 Å². The molecule has 1 unspecified atom stereocenters. The van der Waals surface area contributed by atoms with Gasteiger partial charge in [0.05, 0.1) is 21.3 Å². The van der Waals surface area contributed by atoms with Crippen LogP contribution in [0, 0.1) is 0 Å². The van der Waals surface area contributed by atoms with Gasteiger partial charge in [-0.05, 0) is 37.6 Å². The quantitative estimate of drug-likeness (QED) is 0.534. The highest BCUT2D eigenvalue weighted by molar-refractivity contribution is 5.98. The van der Waals surface area contributed by atoms with E-state index in [2.05, 4.69) is 15.5 Å². The molecule has 2 aromatic rings. The molecule has 0 spiro atoms. The second-order valence-electron chi connectivity index (χ2n) is 7.01. The average Bonchev–Trinajstić information content (AvgIpc) is 2.80. The van der Waals surface area contributed by atoms with Crippen molar-refractivity contribution in [2.45, 2.75) is 19.4 Å². The number of ether oxygens (including phenoxy) is 3. The van der Waals surface area contributed by atoms with Gasteiger partial charge in [-0.25, -0.2) is 0 Å². The smallest absolute Gasteiger partial charge is 0.252 e. The molecule has 2 amide bonds. The van der Waals surface area contributed by atoms with Gasteiger partial charge in [-0.2, -0.15) is 0 Å². The Morgan fingerprint density at radius 1 is 1.00 bits per heavy atom. The number of anilines is 1. The number of carbonyl (C=O) groups is 2. The number of nitrogens with zero attached hydrogens (tertiary/aromatic N) is 1. The van der Waals surface area contributed by atoms with Crippen molar-refractivity contribution in [1.82, 2.24) is 10.6 Å². The molecule has 0 heterocycles. The van der Waals surface area contributed by atoms with E-state index in [9.17, 15) is 9.59 Å². The van der Waals surface area contributed by atoms with Crippen molar-refractivity contribution in [3.63, 3.8) is 0 Å². The van der Waals surface area contributed by atoms with E-state index < -0.39 is 11.9 Å². The number of benzene rings is 2. The lowest BCUT2D eigenvalue weighted by atomic mass is 10.1. The topological polar surface area (TPSA) is 89.1 Å². The lowest BCUT2D eigenvalue weighted by Crippen LogP contribution is -2.45. The van der Waals surface area contributed by atoms with Gasteiger partial charge >= 0.3 is 0 Å². The summed E-state index contributed by atoms with van der Waals surface area (Å²) in [7, 11) is 6.45. The van der Waals surface area contributed by atoms with Crippen molar-refractivity contribution in [3.05, 3.63) is 48.0 Å². The maximum atomic E-state index is 12.6. The van der Waals surface area contributed by atoms with Crippen LogP contribution in [0.2, 0.25) is 0 Å². The van der Waals surface area contributed by atoms with Crippen molar-refractivity contribution >= 4 is 17.5 Å². The molecule has 2 rings (SSSR count). The summed E-state index contributed by atoms with van der Waals surface area (Å²) < 4.78 is 15.8. The molecule has 0 radical (unpaired) electrons. The first kappa shape index (κ1) is 23.9. The third kappa shape index (κ3) is 6.53. The van der Waals surface area contributed by atoms with Crippen LogP contribution in [0.1, 0.15) is 23.7 Å². The molecule has 2 N–H and O–H groups in total. The Bertz CT molecular complexity index is 848. The molecule has 2 aromatic carbocycles. The van der Waals surface area contributed by atoms with Gasteiger partial charge in [-0.15, -0.1) is 0 Å². The van der Waals surface area contributed by atoms with Gasteiger partial charge in [0.25, 0.3) is 5.91 Å². The molecule has 8 heteroatoms. The van der Waals surface area contributed by atoms with Crippen LogP contribution in [0.25, 0.3) is 0 Å². The summed E-state index contributed by atoms with van der Waals surface area (Å²) in [5, 5.41) is 5.56. The van der Waals surface area contributed by atoms with Gasteiger partial charge in [0, 0.05) is 31.4 Å². The van der Waals surface area contributed by atoms with Gasteiger partial charge in [-0.3, -0.25) is 9.59 Å². The van der Waals surface area contributed by atoms with Crippen molar-refractivity contribution in [2.24, 2.45) is 0 Å². The van der Waals surface area contributed by atoms with Gasteiger partial charge < -0.3 is 29.7 Å². The summed E-state index contributed by atoms with van der Waals surface area (Å²) in [6.45, 7) is 2.96. The first-order valence-electron chi connectivity index (χ1n) is 10.1. The molecule has 0 saturated carbocycles. The van der Waals surface area contributed by atoms with E-state index in [1.54, 1.807) is 19.1 Å². The monoisotopic (exact) mass is 429 g/mol. The number of rotatable bonds is 11. The lowest BCUT2D eigenvalue weighted by Gasteiger charge is -2.20. The summed E-state index contributed by atoms with van der Waals surface area (Å²) in [6, 6.07) is 12.4. The SMILES string of the molecule is COc1cc(C(=O)NC(C)C(=O)NCCCN(C)c2ccccc2)cc(OC)c1OC. The number of amides is 2. The van der Waals surface area contributed by atoms with E-state index in [4.69, 9.17) is 14.2 Å². The highest BCUT2D eigenvalue weighted by Gasteiger charge is 2.20. The van der Waals surface area contributed by atoms with Gasteiger partial charge in [0.15, 0.2) is 11.5 Å². The van der Waals surface area contributed by atoms with Crippen molar-refractivity contribution in [3.8, 4) is 17.2 Å². The van der Waals surface area contributed by atoms with Crippen molar-refractivity contribution < 1.29 is 23.8 Å². The first-order chi connectivity index (χ1) is 14.9. The molecule has 0 aliphatic heterocycles. The van der Waals surface area contributed by atoms with Crippen LogP contribution >= 0.6 is 0 Å². The van der Waals surface area contributed by atoms with Crippen LogP contribution in [0.4, 0.5) is 5.69 Å². The van der Waals surface area contributed by atoms with Crippen LogP contribution in [-0.2, 0) is 4.79 Å². The fraction of sp³-hybridized carbons (Fsp3) is 0.391. The number of hydrogen-bond donors (Lipinski definition) is 2. The zero-order valence-corrected chi connectivity index (χ0v) is 18.7. The molecular formula is C23H31N3O5. The van der Waals surface area contributed by atoms with Gasteiger partial charge in [-0.1, -0.05) is 18.2 Å². The second kappa shape index (κ2) is 11.7. The Hall–Kier alpha value is -3.42. The average molecular weight is 430 g/mol. The minimum Gasteiger partial charge on any atom is -0.493 e. The molecule has 0 fully saturated rings. The molecular weight excluding hydrogens is 398 g/mol. The Balaban J connectivity index is 1.86.